The first-order chi connectivity index (χ1) is 7.40. The van der Waals surface area contributed by atoms with Gasteiger partial charge in [0.15, 0.2) is 0 Å². The second kappa shape index (κ2) is 5.66. The van der Waals surface area contributed by atoms with E-state index in [1.807, 2.05) is 0 Å². The molecule has 1 aliphatic carbocycles. The van der Waals surface area contributed by atoms with Gasteiger partial charge in [-0.3, -0.25) is 4.90 Å². The van der Waals surface area contributed by atoms with Crippen molar-refractivity contribution in [3.8, 4) is 0 Å². The number of aliphatic hydroxyl groups is 1. The van der Waals surface area contributed by atoms with Crippen molar-refractivity contribution < 1.29 is 5.11 Å². The van der Waals surface area contributed by atoms with Gasteiger partial charge in [-0.2, -0.15) is 0 Å². The van der Waals surface area contributed by atoms with E-state index in [-0.39, 0.29) is 0 Å². The van der Waals surface area contributed by atoms with Crippen molar-refractivity contribution >= 4 is 0 Å². The minimum atomic E-state index is 0.360. The maximum atomic E-state index is 8.98. The zero-order chi connectivity index (χ0) is 10.5. The highest BCUT2D eigenvalue weighted by molar-refractivity contribution is 4.99. The molecule has 0 spiro atoms. The Morgan fingerprint density at radius 3 is 2.93 bits per heavy atom. The summed E-state index contributed by atoms with van der Waals surface area (Å²) in [6, 6.07) is 0.695. The second-order valence-electron chi connectivity index (χ2n) is 4.94. The minimum Gasteiger partial charge on any atom is -0.396 e. The number of allylic oxidation sites excluding steroid dienone is 1. The monoisotopic (exact) mass is 209 g/mol. The molecule has 0 bridgehead atoms. The Kier molecular flexibility index (Phi) is 4.21. The third-order valence-corrected chi connectivity index (χ3v) is 3.79. The lowest BCUT2D eigenvalue weighted by Crippen LogP contribution is -2.42. The largest absolute Gasteiger partial charge is 0.396 e. The summed E-state index contributed by atoms with van der Waals surface area (Å²) in [7, 11) is 0. The molecule has 1 N–H and O–H groups in total. The molecule has 0 amide bonds. The van der Waals surface area contributed by atoms with Crippen molar-refractivity contribution in [2.75, 3.05) is 19.7 Å². The van der Waals surface area contributed by atoms with E-state index in [0.717, 1.165) is 12.3 Å². The summed E-state index contributed by atoms with van der Waals surface area (Å²) in [6.45, 7) is 2.82. The van der Waals surface area contributed by atoms with Crippen LogP contribution in [-0.2, 0) is 0 Å². The van der Waals surface area contributed by atoms with Crippen molar-refractivity contribution in [3.05, 3.63) is 12.2 Å². The zero-order valence-corrected chi connectivity index (χ0v) is 9.57. The SMILES string of the molecule is OCC[C@@H]1CCCN([C@@H]2C=CCCC2)C1. The van der Waals surface area contributed by atoms with Crippen LogP contribution < -0.4 is 0 Å². The lowest BCUT2D eigenvalue weighted by Gasteiger charge is -2.38. The molecule has 0 unspecified atom stereocenters. The van der Waals surface area contributed by atoms with Crippen LogP contribution in [0.2, 0.25) is 0 Å². The third-order valence-electron chi connectivity index (χ3n) is 3.79. The van der Waals surface area contributed by atoms with Gasteiger partial charge in [0.25, 0.3) is 0 Å². The average molecular weight is 209 g/mol. The Morgan fingerprint density at radius 1 is 1.27 bits per heavy atom. The topological polar surface area (TPSA) is 23.5 Å². The van der Waals surface area contributed by atoms with E-state index in [1.165, 1.54) is 45.2 Å². The first-order valence-corrected chi connectivity index (χ1v) is 6.41. The summed E-state index contributed by atoms with van der Waals surface area (Å²) >= 11 is 0. The lowest BCUT2D eigenvalue weighted by atomic mass is 9.92. The summed E-state index contributed by atoms with van der Waals surface area (Å²) in [5.74, 6) is 0.735. The standard InChI is InChI=1S/C13H23NO/c15-10-8-12-5-4-9-14(11-12)13-6-2-1-3-7-13/h2,6,12-13,15H,1,3-5,7-11H2/t12-,13+/m0/s1. The second-order valence-corrected chi connectivity index (χ2v) is 4.94. The van der Waals surface area contributed by atoms with Crippen molar-refractivity contribution in [1.29, 1.82) is 0 Å². The highest BCUT2D eigenvalue weighted by atomic mass is 16.3. The van der Waals surface area contributed by atoms with E-state index in [9.17, 15) is 0 Å². The molecule has 2 nitrogen and oxygen atoms in total. The molecule has 0 saturated carbocycles. The highest BCUT2D eigenvalue weighted by Gasteiger charge is 2.24. The predicted octanol–water partition coefficient (Wildman–Crippen LogP) is 2.19. The molecule has 86 valence electrons. The smallest absolute Gasteiger partial charge is 0.0434 e. The van der Waals surface area contributed by atoms with Crippen LogP contribution >= 0.6 is 0 Å². The maximum Gasteiger partial charge on any atom is 0.0434 e. The number of piperidine rings is 1. The minimum absolute atomic E-state index is 0.360. The fraction of sp³-hybridized carbons (Fsp3) is 0.846. The molecular weight excluding hydrogens is 186 g/mol. The molecule has 0 aromatic heterocycles. The molecule has 1 saturated heterocycles. The van der Waals surface area contributed by atoms with Crippen LogP contribution in [-0.4, -0.2) is 35.7 Å². The van der Waals surface area contributed by atoms with E-state index >= 15 is 0 Å². The van der Waals surface area contributed by atoms with Crippen LogP contribution in [0, 0.1) is 5.92 Å². The van der Waals surface area contributed by atoms with Gasteiger partial charge in [-0.15, -0.1) is 0 Å². The number of hydrogen-bond donors (Lipinski definition) is 1. The summed E-state index contributed by atoms with van der Waals surface area (Å²) in [5, 5.41) is 8.98. The van der Waals surface area contributed by atoms with E-state index in [0.29, 0.717) is 12.6 Å². The number of nitrogens with zero attached hydrogens (tertiary/aromatic N) is 1. The molecule has 2 atom stereocenters. The van der Waals surface area contributed by atoms with Gasteiger partial charge in [-0.05, 0) is 51.0 Å². The number of rotatable bonds is 3. The van der Waals surface area contributed by atoms with Crippen molar-refractivity contribution in [2.24, 2.45) is 5.92 Å². The third kappa shape index (κ3) is 3.05. The van der Waals surface area contributed by atoms with Crippen LogP contribution in [0.1, 0.15) is 38.5 Å². The molecule has 15 heavy (non-hydrogen) atoms. The van der Waals surface area contributed by atoms with Gasteiger partial charge in [0.05, 0.1) is 0 Å². The number of likely N-dealkylation sites (tertiary alicyclic amines) is 1. The van der Waals surface area contributed by atoms with Gasteiger partial charge in [-0.1, -0.05) is 12.2 Å². The molecule has 0 aromatic carbocycles. The number of hydrogen-bond acceptors (Lipinski definition) is 2. The fourth-order valence-electron chi connectivity index (χ4n) is 2.92. The molecule has 1 aliphatic heterocycles. The molecule has 0 aromatic rings. The Balaban J connectivity index is 1.85. The summed E-state index contributed by atoms with van der Waals surface area (Å²) < 4.78 is 0. The quantitative estimate of drug-likeness (QED) is 0.720. The summed E-state index contributed by atoms with van der Waals surface area (Å²) in [4.78, 5) is 2.62. The zero-order valence-electron chi connectivity index (χ0n) is 9.57. The van der Waals surface area contributed by atoms with Crippen LogP contribution in [0.15, 0.2) is 12.2 Å². The van der Waals surface area contributed by atoms with Crippen LogP contribution in [0.5, 0.6) is 0 Å². The normalized spacial score (nSPS) is 33.1. The Morgan fingerprint density at radius 2 is 2.20 bits per heavy atom. The van der Waals surface area contributed by atoms with Crippen molar-refractivity contribution in [2.45, 2.75) is 44.6 Å². The molecule has 1 heterocycles. The first-order valence-electron chi connectivity index (χ1n) is 6.41. The van der Waals surface area contributed by atoms with Crippen LogP contribution in [0.4, 0.5) is 0 Å². The van der Waals surface area contributed by atoms with Crippen LogP contribution in [0.25, 0.3) is 0 Å². The van der Waals surface area contributed by atoms with E-state index in [4.69, 9.17) is 5.11 Å². The number of aliphatic hydroxyl groups excluding tert-OH is 1. The van der Waals surface area contributed by atoms with Gasteiger partial charge in [0.2, 0.25) is 0 Å². The Bertz CT molecular complexity index is 213. The highest BCUT2D eigenvalue weighted by Crippen LogP contribution is 2.24. The molecule has 2 rings (SSSR count). The molecule has 0 radical (unpaired) electrons. The average Bonchev–Trinajstić information content (AvgIpc) is 2.31. The summed E-state index contributed by atoms with van der Waals surface area (Å²) in [6.07, 6.45) is 12.3. The Hall–Kier alpha value is -0.340. The fourth-order valence-corrected chi connectivity index (χ4v) is 2.92. The molecule has 2 aliphatic rings. The molecule has 1 fully saturated rings. The van der Waals surface area contributed by atoms with E-state index < -0.39 is 0 Å². The van der Waals surface area contributed by atoms with Gasteiger partial charge in [-0.25, -0.2) is 0 Å². The van der Waals surface area contributed by atoms with Crippen molar-refractivity contribution in [3.63, 3.8) is 0 Å². The van der Waals surface area contributed by atoms with E-state index in [1.54, 1.807) is 0 Å². The van der Waals surface area contributed by atoms with Gasteiger partial charge >= 0.3 is 0 Å². The maximum absolute atomic E-state index is 8.98. The van der Waals surface area contributed by atoms with E-state index in [2.05, 4.69) is 17.1 Å². The van der Waals surface area contributed by atoms with Crippen molar-refractivity contribution in [1.82, 2.24) is 4.90 Å². The Labute approximate surface area is 93.0 Å². The molecular formula is C13H23NO. The predicted molar refractivity (Wildman–Crippen MR) is 62.8 cm³/mol. The van der Waals surface area contributed by atoms with Gasteiger partial charge < -0.3 is 5.11 Å². The van der Waals surface area contributed by atoms with Crippen LogP contribution in [0.3, 0.4) is 0 Å². The molecule has 2 heteroatoms. The first kappa shape index (κ1) is 11.2. The van der Waals surface area contributed by atoms with Gasteiger partial charge in [0.1, 0.15) is 0 Å². The summed E-state index contributed by atoms with van der Waals surface area (Å²) in [5.41, 5.74) is 0. The lowest BCUT2D eigenvalue weighted by molar-refractivity contribution is 0.119. The van der Waals surface area contributed by atoms with Gasteiger partial charge in [0, 0.05) is 19.2 Å².